The maximum absolute atomic E-state index is 9.41. The molecule has 0 aliphatic rings. The van der Waals surface area contributed by atoms with Gasteiger partial charge in [-0.05, 0) is 46.5 Å². The zero-order valence-electron chi connectivity index (χ0n) is 9.53. The lowest BCUT2D eigenvalue weighted by molar-refractivity contribution is 0.280. The van der Waals surface area contributed by atoms with Gasteiger partial charge < -0.3 is 10.2 Å². The molecular weight excluding hydrogens is 360 g/mol. The molecule has 0 aromatic heterocycles. The molecule has 0 radical (unpaired) electrons. The molecule has 0 bridgehead atoms. The van der Waals surface area contributed by atoms with Crippen molar-refractivity contribution in [2.24, 2.45) is 0 Å². The molecule has 0 aliphatic heterocycles. The van der Waals surface area contributed by atoms with E-state index in [0.717, 1.165) is 31.2 Å². The van der Waals surface area contributed by atoms with Gasteiger partial charge in [-0.3, -0.25) is 0 Å². The SMILES string of the molecule is OCc1ccc(Br)cc1-c1cc(Br)ccc1CO. The van der Waals surface area contributed by atoms with Crippen molar-refractivity contribution in [3.63, 3.8) is 0 Å². The van der Waals surface area contributed by atoms with E-state index in [1.807, 2.05) is 36.4 Å². The summed E-state index contributed by atoms with van der Waals surface area (Å²) in [6.07, 6.45) is 0. The van der Waals surface area contributed by atoms with Gasteiger partial charge in [0.25, 0.3) is 0 Å². The van der Waals surface area contributed by atoms with Gasteiger partial charge in [-0.1, -0.05) is 44.0 Å². The predicted octanol–water partition coefficient (Wildman–Crippen LogP) is 3.86. The molecule has 0 saturated heterocycles. The van der Waals surface area contributed by atoms with Crippen LogP contribution in [0.2, 0.25) is 0 Å². The van der Waals surface area contributed by atoms with E-state index < -0.39 is 0 Å². The zero-order valence-corrected chi connectivity index (χ0v) is 12.7. The van der Waals surface area contributed by atoms with Crippen LogP contribution in [-0.4, -0.2) is 10.2 Å². The molecule has 0 fully saturated rings. The molecule has 94 valence electrons. The van der Waals surface area contributed by atoms with Crippen LogP contribution in [0.4, 0.5) is 0 Å². The molecule has 2 aromatic carbocycles. The van der Waals surface area contributed by atoms with E-state index in [1.54, 1.807) is 0 Å². The van der Waals surface area contributed by atoms with Gasteiger partial charge in [-0.25, -0.2) is 0 Å². The average molecular weight is 372 g/mol. The summed E-state index contributed by atoms with van der Waals surface area (Å²) in [4.78, 5) is 0. The molecular formula is C14H12Br2O2. The number of aliphatic hydroxyl groups excluding tert-OH is 2. The standard InChI is InChI=1S/C14H12Br2O2/c15-11-3-1-9(7-17)13(5-11)14-6-12(16)4-2-10(14)8-18/h1-6,17-18H,7-8H2. The molecule has 0 heterocycles. The summed E-state index contributed by atoms with van der Waals surface area (Å²) in [5.41, 5.74) is 3.53. The Kier molecular flexibility index (Phi) is 4.56. The normalized spacial score (nSPS) is 10.7. The predicted molar refractivity (Wildman–Crippen MR) is 79.1 cm³/mol. The Bertz CT molecular complexity index is 516. The van der Waals surface area contributed by atoms with Gasteiger partial charge in [0.05, 0.1) is 13.2 Å². The summed E-state index contributed by atoms with van der Waals surface area (Å²) < 4.78 is 1.89. The number of benzene rings is 2. The van der Waals surface area contributed by atoms with Crippen molar-refractivity contribution in [2.75, 3.05) is 0 Å². The molecule has 2 rings (SSSR count). The smallest absolute Gasteiger partial charge is 0.0687 e. The Hall–Kier alpha value is -0.680. The highest BCUT2D eigenvalue weighted by atomic mass is 79.9. The Morgan fingerprint density at radius 3 is 1.44 bits per heavy atom. The van der Waals surface area contributed by atoms with E-state index in [2.05, 4.69) is 31.9 Å². The number of halogens is 2. The third-order valence-electron chi connectivity index (χ3n) is 2.77. The largest absolute Gasteiger partial charge is 0.392 e. The van der Waals surface area contributed by atoms with Crippen LogP contribution in [-0.2, 0) is 13.2 Å². The van der Waals surface area contributed by atoms with Crippen molar-refractivity contribution in [3.8, 4) is 11.1 Å². The first-order valence-corrected chi connectivity index (χ1v) is 7.03. The lowest BCUT2D eigenvalue weighted by atomic mass is 9.96. The quantitative estimate of drug-likeness (QED) is 0.859. The lowest BCUT2D eigenvalue weighted by Crippen LogP contribution is -1.94. The molecule has 2 N–H and O–H groups in total. The second-order valence-corrected chi connectivity index (χ2v) is 5.75. The highest BCUT2D eigenvalue weighted by molar-refractivity contribution is 9.10. The molecule has 0 saturated carbocycles. The van der Waals surface area contributed by atoms with E-state index in [4.69, 9.17) is 0 Å². The number of aliphatic hydroxyl groups is 2. The Labute approximate surface area is 123 Å². The van der Waals surface area contributed by atoms with Gasteiger partial charge in [0, 0.05) is 8.95 Å². The Morgan fingerprint density at radius 2 is 1.11 bits per heavy atom. The fourth-order valence-electron chi connectivity index (χ4n) is 1.87. The maximum Gasteiger partial charge on any atom is 0.0687 e. The topological polar surface area (TPSA) is 40.5 Å². The van der Waals surface area contributed by atoms with Crippen LogP contribution < -0.4 is 0 Å². The Balaban J connectivity index is 2.67. The lowest BCUT2D eigenvalue weighted by Gasteiger charge is -2.12. The number of hydrogen-bond donors (Lipinski definition) is 2. The third kappa shape index (κ3) is 2.83. The summed E-state index contributed by atoms with van der Waals surface area (Å²) in [6, 6.07) is 11.4. The second kappa shape index (κ2) is 5.97. The molecule has 0 unspecified atom stereocenters. The van der Waals surface area contributed by atoms with Crippen LogP contribution >= 0.6 is 31.9 Å². The molecule has 2 aromatic rings. The summed E-state index contributed by atoms with van der Waals surface area (Å²) in [5.74, 6) is 0. The maximum atomic E-state index is 9.41. The van der Waals surface area contributed by atoms with E-state index in [9.17, 15) is 10.2 Å². The van der Waals surface area contributed by atoms with Crippen LogP contribution in [0.25, 0.3) is 11.1 Å². The first-order chi connectivity index (χ1) is 8.65. The molecule has 0 atom stereocenters. The van der Waals surface area contributed by atoms with E-state index >= 15 is 0 Å². The highest BCUT2D eigenvalue weighted by Crippen LogP contribution is 2.32. The molecule has 4 heteroatoms. The van der Waals surface area contributed by atoms with Crippen molar-refractivity contribution >= 4 is 31.9 Å². The fraction of sp³-hybridized carbons (Fsp3) is 0.143. The zero-order chi connectivity index (χ0) is 13.1. The summed E-state index contributed by atoms with van der Waals surface area (Å²) >= 11 is 6.86. The van der Waals surface area contributed by atoms with Gasteiger partial charge >= 0.3 is 0 Å². The van der Waals surface area contributed by atoms with Crippen molar-refractivity contribution in [2.45, 2.75) is 13.2 Å². The van der Waals surface area contributed by atoms with Crippen LogP contribution in [0.5, 0.6) is 0 Å². The minimum absolute atomic E-state index is 0.0278. The molecule has 0 aliphatic carbocycles. The van der Waals surface area contributed by atoms with Gasteiger partial charge in [-0.2, -0.15) is 0 Å². The van der Waals surface area contributed by atoms with Gasteiger partial charge in [0.1, 0.15) is 0 Å². The van der Waals surface area contributed by atoms with Crippen molar-refractivity contribution in [1.29, 1.82) is 0 Å². The van der Waals surface area contributed by atoms with Gasteiger partial charge in [0.2, 0.25) is 0 Å². The van der Waals surface area contributed by atoms with Crippen LogP contribution in [0.3, 0.4) is 0 Å². The van der Waals surface area contributed by atoms with E-state index in [-0.39, 0.29) is 13.2 Å². The second-order valence-electron chi connectivity index (χ2n) is 3.92. The fourth-order valence-corrected chi connectivity index (χ4v) is 2.60. The molecule has 0 spiro atoms. The van der Waals surface area contributed by atoms with Crippen molar-refractivity contribution in [3.05, 3.63) is 56.5 Å². The van der Waals surface area contributed by atoms with Gasteiger partial charge in [-0.15, -0.1) is 0 Å². The van der Waals surface area contributed by atoms with E-state index in [0.29, 0.717) is 0 Å². The minimum Gasteiger partial charge on any atom is -0.392 e. The van der Waals surface area contributed by atoms with E-state index in [1.165, 1.54) is 0 Å². The molecule has 0 amide bonds. The van der Waals surface area contributed by atoms with Gasteiger partial charge in [0.15, 0.2) is 0 Å². The Morgan fingerprint density at radius 1 is 0.722 bits per heavy atom. The first kappa shape index (κ1) is 13.7. The van der Waals surface area contributed by atoms with Crippen molar-refractivity contribution < 1.29 is 10.2 Å². The molecule has 2 nitrogen and oxygen atoms in total. The van der Waals surface area contributed by atoms with Crippen LogP contribution in [0.1, 0.15) is 11.1 Å². The third-order valence-corrected chi connectivity index (χ3v) is 3.76. The first-order valence-electron chi connectivity index (χ1n) is 5.44. The summed E-state index contributed by atoms with van der Waals surface area (Å²) in [7, 11) is 0. The number of rotatable bonds is 3. The summed E-state index contributed by atoms with van der Waals surface area (Å²) in [6.45, 7) is -0.0556. The minimum atomic E-state index is -0.0278. The highest BCUT2D eigenvalue weighted by Gasteiger charge is 2.10. The summed E-state index contributed by atoms with van der Waals surface area (Å²) in [5, 5.41) is 18.8. The van der Waals surface area contributed by atoms with Crippen LogP contribution in [0.15, 0.2) is 45.3 Å². The molecule has 18 heavy (non-hydrogen) atoms. The van der Waals surface area contributed by atoms with Crippen LogP contribution in [0, 0.1) is 0 Å². The number of hydrogen-bond acceptors (Lipinski definition) is 2. The monoisotopic (exact) mass is 370 g/mol. The van der Waals surface area contributed by atoms with Crippen molar-refractivity contribution in [1.82, 2.24) is 0 Å². The average Bonchev–Trinajstić information content (AvgIpc) is 2.38.